The Balaban J connectivity index is 1.46. The highest BCUT2D eigenvalue weighted by molar-refractivity contribution is 7.92. The molecule has 0 aliphatic carbocycles. The Hall–Kier alpha value is -3.19. The normalized spacial score (nSPS) is 20.6. The van der Waals surface area contributed by atoms with Crippen LogP contribution in [0.5, 0.6) is 5.88 Å². The van der Waals surface area contributed by atoms with Gasteiger partial charge in [0.1, 0.15) is 0 Å². The first-order valence-corrected chi connectivity index (χ1v) is 12.1. The van der Waals surface area contributed by atoms with Crippen LogP contribution in [0.4, 0.5) is 0 Å². The van der Waals surface area contributed by atoms with E-state index >= 15 is 0 Å². The minimum absolute atomic E-state index is 0.0319. The molecule has 32 heavy (non-hydrogen) atoms. The van der Waals surface area contributed by atoms with E-state index in [1.165, 1.54) is 0 Å². The van der Waals surface area contributed by atoms with Gasteiger partial charge in [-0.05, 0) is 53.4 Å². The third-order valence-corrected chi connectivity index (χ3v) is 8.87. The molecule has 0 saturated carbocycles. The molecular formula is C25H24N2O4S. The predicted octanol–water partition coefficient (Wildman–Crippen LogP) is 3.39. The summed E-state index contributed by atoms with van der Waals surface area (Å²) in [6.45, 7) is 2.63. The smallest absolute Gasteiger partial charge is 0.227 e. The van der Waals surface area contributed by atoms with Crippen molar-refractivity contribution in [2.45, 2.75) is 29.4 Å². The second-order valence-electron chi connectivity index (χ2n) is 8.40. The monoisotopic (exact) mass is 448 g/mol. The molecule has 0 radical (unpaired) electrons. The minimum Gasteiger partial charge on any atom is -0.481 e. The highest BCUT2D eigenvalue weighted by Gasteiger charge is 2.51. The molecule has 3 aromatic rings. The molecule has 0 unspecified atom stereocenters. The molecule has 1 aromatic heterocycles. The van der Waals surface area contributed by atoms with E-state index in [1.807, 2.05) is 49.4 Å². The Morgan fingerprint density at radius 1 is 1.12 bits per heavy atom. The van der Waals surface area contributed by atoms with E-state index in [1.54, 1.807) is 30.3 Å². The van der Waals surface area contributed by atoms with Crippen molar-refractivity contribution >= 4 is 15.7 Å². The summed E-state index contributed by atoms with van der Waals surface area (Å²) in [5, 5.41) is -0.593. The number of fused-ring (bicyclic) bond motifs is 3. The van der Waals surface area contributed by atoms with Crippen LogP contribution in [-0.4, -0.2) is 49.7 Å². The van der Waals surface area contributed by atoms with Gasteiger partial charge in [0.25, 0.3) is 0 Å². The molecule has 6 nitrogen and oxygen atoms in total. The summed E-state index contributed by atoms with van der Waals surface area (Å²) >= 11 is 0. The molecule has 0 spiro atoms. The maximum absolute atomic E-state index is 13.2. The summed E-state index contributed by atoms with van der Waals surface area (Å²) < 4.78 is 31.9. The number of benzene rings is 2. The molecule has 2 atom stereocenters. The Labute approximate surface area is 187 Å². The lowest BCUT2D eigenvalue weighted by Gasteiger charge is -2.19. The number of methoxy groups -OCH3 is 1. The maximum atomic E-state index is 13.2. The number of carbonyl (C=O) groups excluding carboxylic acids is 1. The van der Waals surface area contributed by atoms with Crippen molar-refractivity contribution in [2.24, 2.45) is 0 Å². The van der Waals surface area contributed by atoms with Crippen LogP contribution >= 0.6 is 0 Å². The lowest BCUT2D eigenvalue weighted by Crippen LogP contribution is -2.33. The van der Waals surface area contributed by atoms with Crippen molar-refractivity contribution < 1.29 is 17.9 Å². The van der Waals surface area contributed by atoms with Crippen LogP contribution in [0.25, 0.3) is 11.1 Å². The van der Waals surface area contributed by atoms with Crippen LogP contribution in [0.15, 0.2) is 65.7 Å². The van der Waals surface area contributed by atoms with Crippen LogP contribution in [-0.2, 0) is 21.1 Å². The molecule has 1 saturated heterocycles. The molecule has 7 heteroatoms. The summed E-state index contributed by atoms with van der Waals surface area (Å²) in [5.74, 6) is 0.236. The fraction of sp³-hybridized carbons (Fsp3) is 0.280. The average Bonchev–Trinajstić information content (AvgIpc) is 3.34. The van der Waals surface area contributed by atoms with Gasteiger partial charge in [-0.15, -0.1) is 0 Å². The largest absolute Gasteiger partial charge is 0.481 e. The van der Waals surface area contributed by atoms with Crippen LogP contribution < -0.4 is 4.74 Å². The van der Waals surface area contributed by atoms with Gasteiger partial charge >= 0.3 is 0 Å². The highest BCUT2D eigenvalue weighted by Crippen LogP contribution is 2.46. The maximum Gasteiger partial charge on any atom is 0.227 e. The third kappa shape index (κ3) is 3.28. The number of aryl methyl sites for hydroxylation is 1. The molecule has 0 bridgehead atoms. The Morgan fingerprint density at radius 2 is 1.94 bits per heavy atom. The van der Waals surface area contributed by atoms with Gasteiger partial charge in [-0.2, -0.15) is 0 Å². The third-order valence-electron chi connectivity index (χ3n) is 6.61. The van der Waals surface area contributed by atoms with Crippen molar-refractivity contribution in [2.75, 3.05) is 20.2 Å². The molecule has 2 aromatic carbocycles. The zero-order chi connectivity index (χ0) is 22.5. The van der Waals surface area contributed by atoms with E-state index in [9.17, 15) is 13.2 Å². The molecule has 2 aliphatic rings. The first-order chi connectivity index (χ1) is 15.4. The van der Waals surface area contributed by atoms with Gasteiger partial charge in [0.05, 0.1) is 23.7 Å². The van der Waals surface area contributed by atoms with Crippen LogP contribution in [0, 0.1) is 6.92 Å². The van der Waals surface area contributed by atoms with Gasteiger partial charge < -0.3 is 9.64 Å². The lowest BCUT2D eigenvalue weighted by atomic mass is 9.95. The van der Waals surface area contributed by atoms with Gasteiger partial charge in [0.2, 0.25) is 11.8 Å². The van der Waals surface area contributed by atoms with E-state index in [-0.39, 0.29) is 24.8 Å². The van der Waals surface area contributed by atoms with Crippen LogP contribution in [0.3, 0.4) is 0 Å². The van der Waals surface area contributed by atoms with Gasteiger partial charge in [-0.25, -0.2) is 13.4 Å². The fourth-order valence-corrected chi connectivity index (χ4v) is 7.04. The molecule has 1 amide bonds. The van der Waals surface area contributed by atoms with E-state index in [2.05, 4.69) is 4.98 Å². The number of pyridine rings is 1. The summed E-state index contributed by atoms with van der Waals surface area (Å²) in [6.07, 6.45) is 1.94. The summed E-state index contributed by atoms with van der Waals surface area (Å²) in [5.41, 5.74) is 4.49. The molecule has 3 heterocycles. The number of carbonyl (C=O) groups is 1. The van der Waals surface area contributed by atoms with Crippen LogP contribution in [0.1, 0.15) is 22.6 Å². The first kappa shape index (κ1) is 20.7. The van der Waals surface area contributed by atoms with E-state index in [0.717, 1.165) is 27.8 Å². The Morgan fingerprint density at radius 3 is 2.72 bits per heavy atom. The topological polar surface area (TPSA) is 76.6 Å². The van der Waals surface area contributed by atoms with Crippen molar-refractivity contribution in [3.05, 3.63) is 77.5 Å². The van der Waals surface area contributed by atoms with Crippen molar-refractivity contribution in [1.82, 2.24) is 9.88 Å². The van der Waals surface area contributed by atoms with E-state index < -0.39 is 15.1 Å². The molecule has 0 N–H and O–H groups in total. The van der Waals surface area contributed by atoms with E-state index in [4.69, 9.17) is 4.74 Å². The number of hydrogen-bond donors (Lipinski definition) is 0. The second-order valence-corrected chi connectivity index (χ2v) is 10.5. The standard InChI is InChI=1S/C25H24N2O4S/c1-16-6-3-4-7-17(16)13-24(28)27-14-21-20-12-18(19-8-5-11-26-25(19)31-2)9-10-22(20)32(29,30)23(21)15-27/h3-12,21,23H,13-15H2,1-2H3/t21-,23+/m0/s1. The number of nitrogens with zero attached hydrogens (tertiary/aromatic N) is 2. The molecular weight excluding hydrogens is 424 g/mol. The number of aromatic nitrogens is 1. The number of ether oxygens (including phenoxy) is 1. The summed E-state index contributed by atoms with van der Waals surface area (Å²) in [7, 11) is -1.92. The Kier molecular flexibility index (Phi) is 5.01. The van der Waals surface area contributed by atoms with Crippen LogP contribution in [0.2, 0.25) is 0 Å². The lowest BCUT2D eigenvalue weighted by molar-refractivity contribution is -0.129. The number of rotatable bonds is 4. The predicted molar refractivity (Wildman–Crippen MR) is 121 cm³/mol. The molecule has 5 rings (SSSR count). The number of hydrogen-bond acceptors (Lipinski definition) is 5. The number of sulfone groups is 1. The van der Waals surface area contributed by atoms with Gasteiger partial charge in [-0.3, -0.25) is 4.79 Å². The van der Waals surface area contributed by atoms with Gasteiger partial charge in [-0.1, -0.05) is 30.3 Å². The highest BCUT2D eigenvalue weighted by atomic mass is 32.2. The summed E-state index contributed by atoms with van der Waals surface area (Å²) in [4.78, 5) is 19.3. The SMILES string of the molecule is COc1ncccc1-c1ccc2c(c1)[C@@H]1CN(C(=O)Cc3ccccc3C)C[C@H]1S2(=O)=O. The molecule has 1 fully saturated rings. The fourth-order valence-electron chi connectivity index (χ4n) is 4.87. The van der Waals surface area contributed by atoms with Gasteiger partial charge in [0, 0.05) is 30.8 Å². The van der Waals surface area contributed by atoms with Crippen molar-refractivity contribution in [1.29, 1.82) is 0 Å². The van der Waals surface area contributed by atoms with Gasteiger partial charge in [0.15, 0.2) is 9.84 Å². The summed E-state index contributed by atoms with van der Waals surface area (Å²) in [6, 6.07) is 16.9. The molecule has 2 aliphatic heterocycles. The second kappa shape index (κ2) is 7.74. The molecule has 164 valence electrons. The quantitative estimate of drug-likeness (QED) is 0.612. The average molecular weight is 449 g/mol. The minimum atomic E-state index is -3.49. The van der Waals surface area contributed by atoms with E-state index in [0.29, 0.717) is 17.3 Å². The zero-order valence-corrected chi connectivity index (χ0v) is 18.8. The number of likely N-dealkylation sites (tertiary alicyclic amines) is 1. The van der Waals surface area contributed by atoms with Crippen molar-refractivity contribution in [3.8, 4) is 17.0 Å². The Bertz CT molecular complexity index is 1320. The first-order valence-electron chi connectivity index (χ1n) is 10.6. The number of amides is 1. The zero-order valence-electron chi connectivity index (χ0n) is 18.0. The van der Waals surface area contributed by atoms with Crippen molar-refractivity contribution in [3.63, 3.8) is 0 Å².